The van der Waals surface area contributed by atoms with Gasteiger partial charge in [-0.25, -0.2) is 0 Å². The summed E-state index contributed by atoms with van der Waals surface area (Å²) in [6, 6.07) is 14.2. The van der Waals surface area contributed by atoms with E-state index in [-0.39, 0.29) is 22.4 Å². The summed E-state index contributed by atoms with van der Waals surface area (Å²) in [7, 11) is 0. The smallest absolute Gasteiger partial charge is 0.260 e. The first-order valence-electron chi connectivity index (χ1n) is 10.3. The molecule has 3 heterocycles. The minimum atomic E-state index is -0.299. The number of nitrogens with one attached hydrogen (secondary N) is 1. The van der Waals surface area contributed by atoms with E-state index in [4.69, 9.17) is 0 Å². The molecule has 2 fully saturated rings. The van der Waals surface area contributed by atoms with Crippen LogP contribution in [0.3, 0.4) is 0 Å². The van der Waals surface area contributed by atoms with Crippen LogP contribution in [0.2, 0.25) is 0 Å². The molecule has 4 rings (SSSR count). The lowest BCUT2D eigenvalue weighted by molar-refractivity contribution is 0.0157. The van der Waals surface area contributed by atoms with Crippen LogP contribution < -0.4 is 5.56 Å². The molecule has 148 valence electrons. The van der Waals surface area contributed by atoms with Gasteiger partial charge in [0.05, 0.1) is 0 Å². The summed E-state index contributed by atoms with van der Waals surface area (Å²) in [4.78, 5) is 31.8. The van der Waals surface area contributed by atoms with Crippen LogP contribution in [0.25, 0.3) is 0 Å². The minimum Gasteiger partial charge on any atom is -0.338 e. The number of aromatic nitrogens is 1. The van der Waals surface area contributed by atoms with Crippen LogP contribution in [0.4, 0.5) is 0 Å². The second kappa shape index (κ2) is 7.92. The Bertz CT molecular complexity index is 869. The number of pyridine rings is 1. The maximum Gasteiger partial charge on any atom is 0.260 e. The Labute approximate surface area is 166 Å². The quantitative estimate of drug-likeness (QED) is 0.892. The standard InChI is InChI=1S/C23H29N3O2/c1-2-25-16-19(18-7-4-3-5-8-18)15-23(17-25)10-13-26(14-11-23)22(28)20-9-6-12-24-21(20)27/h3-9,12,19H,2,10-11,13-17H2,1H3,(H,24,27). The van der Waals surface area contributed by atoms with E-state index < -0.39 is 0 Å². The monoisotopic (exact) mass is 379 g/mol. The lowest BCUT2D eigenvalue weighted by Gasteiger charge is -2.50. The third kappa shape index (κ3) is 3.76. The van der Waals surface area contributed by atoms with Crippen molar-refractivity contribution in [1.29, 1.82) is 0 Å². The molecule has 2 aliphatic heterocycles. The second-order valence-electron chi connectivity index (χ2n) is 8.34. The molecule has 0 bridgehead atoms. The number of likely N-dealkylation sites (N-methyl/N-ethyl adjacent to an activating group) is 1. The number of carbonyl (C=O) groups excluding carboxylic acids is 1. The average Bonchev–Trinajstić information content (AvgIpc) is 2.74. The summed E-state index contributed by atoms with van der Waals surface area (Å²) in [6.45, 7) is 6.98. The predicted octanol–water partition coefficient (Wildman–Crippen LogP) is 3.11. The molecule has 2 aliphatic rings. The largest absolute Gasteiger partial charge is 0.338 e. The number of benzene rings is 1. The van der Waals surface area contributed by atoms with E-state index in [1.165, 1.54) is 12.0 Å². The molecule has 2 aromatic rings. The zero-order valence-corrected chi connectivity index (χ0v) is 16.6. The molecule has 5 heteroatoms. The number of rotatable bonds is 3. The molecule has 1 N–H and O–H groups in total. The number of H-pyrrole nitrogens is 1. The van der Waals surface area contributed by atoms with Gasteiger partial charge < -0.3 is 14.8 Å². The van der Waals surface area contributed by atoms with Gasteiger partial charge in [-0.2, -0.15) is 0 Å². The fraction of sp³-hybridized carbons (Fsp3) is 0.478. The van der Waals surface area contributed by atoms with Crippen LogP contribution in [-0.4, -0.2) is 53.4 Å². The van der Waals surface area contributed by atoms with Crippen molar-refractivity contribution >= 4 is 5.91 Å². The number of piperidine rings is 2. The molecule has 0 aliphatic carbocycles. The number of hydrogen-bond donors (Lipinski definition) is 1. The molecular formula is C23H29N3O2. The SMILES string of the molecule is CCN1CC(c2ccccc2)CC2(CCN(C(=O)c3ccc[nH]c3=O)CC2)C1. The fourth-order valence-corrected chi connectivity index (χ4v) is 5.00. The number of carbonyl (C=O) groups is 1. The summed E-state index contributed by atoms with van der Waals surface area (Å²) >= 11 is 0. The van der Waals surface area contributed by atoms with E-state index in [0.717, 1.165) is 45.6 Å². The lowest BCUT2D eigenvalue weighted by Crippen LogP contribution is -2.52. The van der Waals surface area contributed by atoms with Crippen molar-refractivity contribution in [2.75, 3.05) is 32.7 Å². The van der Waals surface area contributed by atoms with E-state index >= 15 is 0 Å². The van der Waals surface area contributed by atoms with Gasteiger partial charge in [0.1, 0.15) is 5.56 Å². The number of hydrogen-bond acceptors (Lipinski definition) is 3. The summed E-state index contributed by atoms with van der Waals surface area (Å²) < 4.78 is 0. The first-order chi connectivity index (χ1) is 13.6. The highest BCUT2D eigenvalue weighted by Crippen LogP contribution is 2.45. The molecule has 1 aromatic heterocycles. The van der Waals surface area contributed by atoms with Crippen LogP contribution in [0, 0.1) is 5.41 Å². The Morgan fingerprint density at radius 2 is 1.89 bits per heavy atom. The van der Waals surface area contributed by atoms with Crippen LogP contribution >= 0.6 is 0 Å². The van der Waals surface area contributed by atoms with Gasteiger partial charge in [-0.15, -0.1) is 0 Å². The molecule has 0 saturated carbocycles. The fourth-order valence-electron chi connectivity index (χ4n) is 5.00. The molecule has 0 radical (unpaired) electrons. The van der Waals surface area contributed by atoms with Crippen molar-refractivity contribution in [3.05, 3.63) is 70.1 Å². The van der Waals surface area contributed by atoms with Crippen molar-refractivity contribution in [3.63, 3.8) is 0 Å². The van der Waals surface area contributed by atoms with Gasteiger partial charge in [-0.1, -0.05) is 37.3 Å². The zero-order valence-electron chi connectivity index (χ0n) is 16.6. The first-order valence-corrected chi connectivity index (χ1v) is 10.3. The van der Waals surface area contributed by atoms with Crippen molar-refractivity contribution in [2.45, 2.75) is 32.1 Å². The average molecular weight is 380 g/mol. The van der Waals surface area contributed by atoms with E-state index in [1.807, 2.05) is 4.90 Å². The topological polar surface area (TPSA) is 56.4 Å². The van der Waals surface area contributed by atoms with Gasteiger partial charge >= 0.3 is 0 Å². The highest BCUT2D eigenvalue weighted by atomic mass is 16.2. The van der Waals surface area contributed by atoms with Gasteiger partial charge in [-0.3, -0.25) is 9.59 Å². The highest BCUT2D eigenvalue weighted by molar-refractivity contribution is 5.93. The number of likely N-dealkylation sites (tertiary alicyclic amines) is 2. The molecule has 1 spiro atoms. The summed E-state index contributed by atoms with van der Waals surface area (Å²) in [5.41, 5.74) is 1.63. The molecular weight excluding hydrogens is 350 g/mol. The number of nitrogens with zero attached hydrogens (tertiary/aromatic N) is 2. The maximum absolute atomic E-state index is 12.8. The summed E-state index contributed by atoms with van der Waals surface area (Å²) in [6.07, 6.45) is 4.75. The first kappa shape index (κ1) is 18.9. The van der Waals surface area contributed by atoms with Crippen molar-refractivity contribution in [3.8, 4) is 0 Å². The van der Waals surface area contributed by atoms with Gasteiger partial charge in [0.15, 0.2) is 0 Å². The second-order valence-corrected chi connectivity index (χ2v) is 8.34. The normalized spacial score (nSPS) is 22.3. The van der Waals surface area contributed by atoms with Gasteiger partial charge in [-0.05, 0) is 54.8 Å². The Kier molecular flexibility index (Phi) is 5.36. The third-order valence-corrected chi connectivity index (χ3v) is 6.60. The Balaban J connectivity index is 1.48. The van der Waals surface area contributed by atoms with Crippen molar-refractivity contribution in [1.82, 2.24) is 14.8 Å². The predicted molar refractivity (Wildman–Crippen MR) is 111 cm³/mol. The van der Waals surface area contributed by atoms with E-state index in [1.54, 1.807) is 18.3 Å². The highest BCUT2D eigenvalue weighted by Gasteiger charge is 2.42. The molecule has 28 heavy (non-hydrogen) atoms. The Morgan fingerprint density at radius 1 is 1.14 bits per heavy atom. The summed E-state index contributed by atoms with van der Waals surface area (Å²) in [5.74, 6) is 0.411. The van der Waals surface area contributed by atoms with E-state index in [9.17, 15) is 9.59 Å². The third-order valence-electron chi connectivity index (χ3n) is 6.60. The molecule has 2 saturated heterocycles. The molecule has 1 amide bonds. The zero-order chi connectivity index (χ0) is 19.6. The summed E-state index contributed by atoms with van der Waals surface area (Å²) in [5, 5.41) is 0. The van der Waals surface area contributed by atoms with E-state index in [2.05, 4.69) is 47.1 Å². The Hall–Kier alpha value is -2.40. The van der Waals surface area contributed by atoms with Gasteiger partial charge in [0.25, 0.3) is 11.5 Å². The molecule has 5 nitrogen and oxygen atoms in total. The molecule has 1 aromatic carbocycles. The lowest BCUT2D eigenvalue weighted by atomic mass is 9.68. The maximum atomic E-state index is 12.8. The van der Waals surface area contributed by atoms with Crippen LogP contribution in [0.1, 0.15) is 48.0 Å². The molecule has 1 atom stereocenters. The minimum absolute atomic E-state index is 0.139. The van der Waals surface area contributed by atoms with Crippen LogP contribution in [-0.2, 0) is 0 Å². The van der Waals surface area contributed by atoms with Gasteiger partial charge in [0, 0.05) is 32.4 Å². The molecule has 1 unspecified atom stereocenters. The Morgan fingerprint density at radius 3 is 2.57 bits per heavy atom. The van der Waals surface area contributed by atoms with Crippen molar-refractivity contribution in [2.24, 2.45) is 5.41 Å². The van der Waals surface area contributed by atoms with Crippen LogP contribution in [0.15, 0.2) is 53.5 Å². The van der Waals surface area contributed by atoms with Gasteiger partial charge in [0.2, 0.25) is 0 Å². The number of amides is 1. The van der Waals surface area contributed by atoms with Crippen molar-refractivity contribution < 1.29 is 4.79 Å². The van der Waals surface area contributed by atoms with Crippen LogP contribution in [0.5, 0.6) is 0 Å². The number of aromatic amines is 1. The van der Waals surface area contributed by atoms with E-state index in [0.29, 0.717) is 5.92 Å².